The topological polar surface area (TPSA) is 64.3 Å². The molecule has 0 spiro atoms. The molecule has 21 heavy (non-hydrogen) atoms. The van der Waals surface area contributed by atoms with Crippen LogP contribution in [0.15, 0.2) is 40.9 Å². The highest BCUT2D eigenvalue weighted by Crippen LogP contribution is 2.23. The number of anilines is 2. The van der Waals surface area contributed by atoms with Gasteiger partial charge in [0.25, 0.3) is 5.91 Å². The third-order valence-electron chi connectivity index (χ3n) is 2.79. The summed E-state index contributed by atoms with van der Waals surface area (Å²) in [6.07, 6.45) is 0. The summed E-state index contributed by atoms with van der Waals surface area (Å²) in [5, 5.41) is 2.59. The maximum Gasteiger partial charge on any atom is 0.262 e. The minimum absolute atomic E-state index is 0.0171. The van der Waals surface area contributed by atoms with Gasteiger partial charge in [0.15, 0.2) is 6.61 Å². The van der Waals surface area contributed by atoms with Crippen LogP contribution in [0.2, 0.25) is 0 Å². The molecule has 0 radical (unpaired) electrons. The molecule has 0 aliphatic rings. The maximum absolute atomic E-state index is 13.0. The highest BCUT2D eigenvalue weighted by atomic mass is 79.9. The molecule has 0 aliphatic carbocycles. The van der Waals surface area contributed by atoms with Crippen molar-refractivity contribution in [2.45, 2.75) is 6.92 Å². The monoisotopic (exact) mass is 352 g/mol. The first-order valence-corrected chi connectivity index (χ1v) is 6.99. The first kappa shape index (κ1) is 15.3. The molecule has 0 bridgehead atoms. The molecule has 4 nitrogen and oxygen atoms in total. The van der Waals surface area contributed by atoms with E-state index in [2.05, 4.69) is 21.2 Å². The van der Waals surface area contributed by atoms with E-state index in [4.69, 9.17) is 10.5 Å². The van der Waals surface area contributed by atoms with Crippen molar-refractivity contribution in [2.24, 2.45) is 0 Å². The molecule has 110 valence electrons. The minimum Gasteiger partial charge on any atom is -0.483 e. The summed E-state index contributed by atoms with van der Waals surface area (Å²) in [5.74, 6) is -0.243. The fourth-order valence-corrected chi connectivity index (χ4v) is 2.03. The molecular formula is C15H14BrFN2O2. The SMILES string of the molecule is Cc1ccc(Br)cc1OCC(=O)Nc1ccc(F)c(N)c1. The first-order chi connectivity index (χ1) is 9.95. The van der Waals surface area contributed by atoms with Gasteiger partial charge in [-0.25, -0.2) is 4.39 Å². The van der Waals surface area contributed by atoms with Crippen LogP contribution in [0.3, 0.4) is 0 Å². The number of hydrogen-bond donors (Lipinski definition) is 2. The number of carbonyl (C=O) groups excluding carboxylic acids is 1. The normalized spacial score (nSPS) is 10.2. The number of aryl methyl sites for hydroxylation is 1. The number of benzene rings is 2. The predicted molar refractivity (Wildman–Crippen MR) is 83.8 cm³/mol. The molecular weight excluding hydrogens is 339 g/mol. The quantitative estimate of drug-likeness (QED) is 0.827. The molecule has 0 fully saturated rings. The van der Waals surface area contributed by atoms with Crippen molar-refractivity contribution in [1.29, 1.82) is 0 Å². The molecule has 0 atom stereocenters. The Hall–Kier alpha value is -2.08. The second-order valence-electron chi connectivity index (χ2n) is 4.48. The number of rotatable bonds is 4. The van der Waals surface area contributed by atoms with Crippen molar-refractivity contribution in [3.63, 3.8) is 0 Å². The van der Waals surface area contributed by atoms with Gasteiger partial charge >= 0.3 is 0 Å². The van der Waals surface area contributed by atoms with Crippen molar-refractivity contribution in [1.82, 2.24) is 0 Å². The highest BCUT2D eigenvalue weighted by molar-refractivity contribution is 9.10. The summed E-state index contributed by atoms with van der Waals surface area (Å²) in [7, 11) is 0. The second-order valence-corrected chi connectivity index (χ2v) is 5.40. The van der Waals surface area contributed by atoms with E-state index in [1.54, 1.807) is 6.07 Å². The van der Waals surface area contributed by atoms with Crippen molar-refractivity contribution < 1.29 is 13.9 Å². The van der Waals surface area contributed by atoms with Crippen molar-refractivity contribution in [3.05, 3.63) is 52.3 Å². The van der Waals surface area contributed by atoms with Crippen LogP contribution in [-0.4, -0.2) is 12.5 Å². The Bertz CT molecular complexity index is 677. The molecule has 1 amide bonds. The van der Waals surface area contributed by atoms with E-state index in [0.29, 0.717) is 11.4 Å². The van der Waals surface area contributed by atoms with Gasteiger partial charge in [0.2, 0.25) is 0 Å². The zero-order valence-corrected chi connectivity index (χ0v) is 12.9. The lowest BCUT2D eigenvalue weighted by atomic mass is 10.2. The number of nitrogens with one attached hydrogen (secondary N) is 1. The highest BCUT2D eigenvalue weighted by Gasteiger charge is 2.07. The van der Waals surface area contributed by atoms with Gasteiger partial charge in [0.1, 0.15) is 11.6 Å². The maximum atomic E-state index is 13.0. The average Bonchev–Trinajstić information content (AvgIpc) is 2.44. The van der Waals surface area contributed by atoms with E-state index in [1.165, 1.54) is 18.2 Å². The lowest BCUT2D eigenvalue weighted by Gasteiger charge is -2.10. The van der Waals surface area contributed by atoms with E-state index in [9.17, 15) is 9.18 Å². The van der Waals surface area contributed by atoms with E-state index in [0.717, 1.165) is 10.0 Å². The molecule has 0 aromatic heterocycles. The Balaban J connectivity index is 1.95. The number of hydrogen-bond acceptors (Lipinski definition) is 3. The molecule has 2 rings (SSSR count). The van der Waals surface area contributed by atoms with Gasteiger partial charge in [-0.05, 0) is 42.8 Å². The largest absolute Gasteiger partial charge is 0.483 e. The number of amides is 1. The van der Waals surface area contributed by atoms with Crippen LogP contribution in [0.1, 0.15) is 5.56 Å². The van der Waals surface area contributed by atoms with Gasteiger partial charge in [-0.2, -0.15) is 0 Å². The van der Waals surface area contributed by atoms with Crippen molar-refractivity contribution >= 4 is 33.2 Å². The molecule has 3 N–H and O–H groups in total. The first-order valence-electron chi connectivity index (χ1n) is 6.19. The van der Waals surface area contributed by atoms with Gasteiger partial charge in [0.05, 0.1) is 5.69 Å². The van der Waals surface area contributed by atoms with Crippen molar-refractivity contribution in [2.75, 3.05) is 17.7 Å². The summed E-state index contributed by atoms with van der Waals surface area (Å²) in [5.41, 5.74) is 6.77. The number of ether oxygens (including phenoxy) is 1. The Morgan fingerprint density at radius 3 is 2.81 bits per heavy atom. The summed E-state index contributed by atoms with van der Waals surface area (Å²) < 4.78 is 19.3. The second kappa shape index (κ2) is 6.58. The van der Waals surface area contributed by atoms with E-state index >= 15 is 0 Å². The average molecular weight is 353 g/mol. The van der Waals surface area contributed by atoms with Crippen LogP contribution in [0.4, 0.5) is 15.8 Å². The lowest BCUT2D eigenvalue weighted by Crippen LogP contribution is -2.20. The zero-order chi connectivity index (χ0) is 15.4. The van der Waals surface area contributed by atoms with E-state index in [-0.39, 0.29) is 18.2 Å². The molecule has 0 saturated heterocycles. The molecule has 0 heterocycles. The Morgan fingerprint density at radius 1 is 1.33 bits per heavy atom. The van der Waals surface area contributed by atoms with Gasteiger partial charge in [0, 0.05) is 10.2 Å². The molecule has 0 saturated carbocycles. The number of nitrogen functional groups attached to an aromatic ring is 1. The molecule has 2 aromatic rings. The summed E-state index contributed by atoms with van der Waals surface area (Å²) in [4.78, 5) is 11.8. The third-order valence-corrected chi connectivity index (χ3v) is 3.28. The number of nitrogens with two attached hydrogens (primary N) is 1. The van der Waals surface area contributed by atoms with Crippen LogP contribution in [0.25, 0.3) is 0 Å². The van der Waals surface area contributed by atoms with Crippen LogP contribution in [0, 0.1) is 12.7 Å². The van der Waals surface area contributed by atoms with Gasteiger partial charge in [-0.1, -0.05) is 22.0 Å². The van der Waals surface area contributed by atoms with Crippen LogP contribution >= 0.6 is 15.9 Å². The van der Waals surface area contributed by atoms with E-state index in [1.807, 2.05) is 19.1 Å². The fourth-order valence-electron chi connectivity index (χ4n) is 1.69. The zero-order valence-electron chi connectivity index (χ0n) is 11.3. The van der Waals surface area contributed by atoms with Gasteiger partial charge in [-0.15, -0.1) is 0 Å². The van der Waals surface area contributed by atoms with Gasteiger partial charge in [-0.3, -0.25) is 4.79 Å². The Morgan fingerprint density at radius 2 is 2.10 bits per heavy atom. The van der Waals surface area contributed by atoms with Crippen LogP contribution < -0.4 is 15.8 Å². The Kier molecular flexibility index (Phi) is 4.80. The van der Waals surface area contributed by atoms with E-state index < -0.39 is 5.82 Å². The standard InChI is InChI=1S/C15H14BrFN2O2/c1-9-2-3-10(16)6-14(9)21-8-15(20)19-11-4-5-12(17)13(18)7-11/h2-7H,8,18H2,1H3,(H,19,20). The van der Waals surface area contributed by atoms with Crippen LogP contribution in [-0.2, 0) is 4.79 Å². The summed E-state index contributed by atoms with van der Waals surface area (Å²) in [6.45, 7) is 1.74. The minimum atomic E-state index is -0.519. The smallest absolute Gasteiger partial charge is 0.262 e. The summed E-state index contributed by atoms with van der Waals surface area (Å²) >= 11 is 3.34. The fraction of sp³-hybridized carbons (Fsp3) is 0.133. The lowest BCUT2D eigenvalue weighted by molar-refractivity contribution is -0.118. The van der Waals surface area contributed by atoms with Gasteiger partial charge < -0.3 is 15.8 Å². The molecule has 0 unspecified atom stereocenters. The molecule has 2 aromatic carbocycles. The van der Waals surface area contributed by atoms with Crippen molar-refractivity contribution in [3.8, 4) is 5.75 Å². The van der Waals surface area contributed by atoms with Crippen LogP contribution in [0.5, 0.6) is 5.75 Å². The molecule has 6 heteroatoms. The molecule has 0 aliphatic heterocycles. The number of carbonyl (C=O) groups is 1. The third kappa shape index (κ3) is 4.19. The summed E-state index contributed by atoms with van der Waals surface area (Å²) in [6, 6.07) is 9.57. The number of halogens is 2. The predicted octanol–water partition coefficient (Wildman–Crippen LogP) is 3.50. The Labute approximate surface area is 130 Å².